The van der Waals surface area contributed by atoms with Gasteiger partial charge in [-0.15, -0.1) is 0 Å². The lowest BCUT2D eigenvalue weighted by Gasteiger charge is -2.29. The number of amidine groups is 1. The lowest BCUT2D eigenvalue weighted by molar-refractivity contribution is 0.0730. The van der Waals surface area contributed by atoms with E-state index in [1.54, 1.807) is 38.1 Å². The van der Waals surface area contributed by atoms with Gasteiger partial charge in [0.05, 0.1) is 31.4 Å². The fraction of sp³-hybridized carbons (Fsp3) is 0.440. The standard InChI is InChI=1S/C15H19NO4.C10H18N6O/c1-10(2)20-15(18)16-5-4-11-7-14(19-3)13(9-17)6-12(11)8-16;1-7(6-17)16(12)10(15-11)8-4-3-5-9(13-2)14-8/h6-7,9-10H,4-5,8H2,1-3H3;3-5,7,17H,6,11-12H2,1-2H3,(H,13,14)/b;15-10-. The molecule has 37 heavy (non-hydrogen) atoms. The Morgan fingerprint density at radius 2 is 2.05 bits per heavy atom. The Balaban J connectivity index is 0.000000264. The molecular weight excluding hydrogens is 478 g/mol. The number of benzene rings is 1. The molecule has 1 atom stereocenters. The number of fused-ring (bicyclic) bond motifs is 1. The number of pyridine rings is 1. The van der Waals surface area contributed by atoms with Crippen LogP contribution < -0.4 is 21.7 Å². The molecule has 2 aromatic rings. The van der Waals surface area contributed by atoms with E-state index in [4.69, 9.17) is 26.3 Å². The van der Waals surface area contributed by atoms with Crippen LogP contribution in [0.25, 0.3) is 0 Å². The highest BCUT2D eigenvalue weighted by Crippen LogP contribution is 2.27. The number of nitrogens with two attached hydrogens (primary N) is 2. The highest BCUT2D eigenvalue weighted by molar-refractivity contribution is 5.97. The van der Waals surface area contributed by atoms with E-state index in [9.17, 15) is 9.59 Å². The molecule has 12 nitrogen and oxygen atoms in total. The number of carbonyl (C=O) groups is 2. The molecule has 0 fully saturated rings. The van der Waals surface area contributed by atoms with Gasteiger partial charge in [0.25, 0.3) is 0 Å². The van der Waals surface area contributed by atoms with E-state index >= 15 is 0 Å². The van der Waals surface area contributed by atoms with Crippen molar-refractivity contribution in [3.8, 4) is 5.75 Å². The first-order valence-electron chi connectivity index (χ1n) is 11.9. The first-order chi connectivity index (χ1) is 17.7. The number of aliphatic hydroxyl groups excluding tert-OH is 1. The third-order valence-corrected chi connectivity index (χ3v) is 5.63. The van der Waals surface area contributed by atoms with Gasteiger partial charge in [-0.05, 0) is 62.6 Å². The number of rotatable bonds is 7. The lowest BCUT2D eigenvalue weighted by Crippen LogP contribution is -2.47. The Labute approximate surface area is 217 Å². The van der Waals surface area contributed by atoms with Crippen molar-refractivity contribution in [1.29, 1.82) is 0 Å². The second kappa shape index (κ2) is 14.0. The molecule has 3 rings (SSSR count). The van der Waals surface area contributed by atoms with Crippen molar-refractivity contribution < 1.29 is 24.2 Å². The van der Waals surface area contributed by atoms with Gasteiger partial charge in [-0.3, -0.25) is 9.80 Å². The van der Waals surface area contributed by atoms with E-state index in [1.807, 2.05) is 32.0 Å². The summed E-state index contributed by atoms with van der Waals surface area (Å²) in [5, 5.41) is 16.9. The average molecular weight is 516 g/mol. The molecule has 1 aliphatic rings. The number of anilines is 1. The Hall–Kier alpha value is -3.90. The van der Waals surface area contributed by atoms with Crippen molar-refractivity contribution >= 4 is 24.0 Å². The van der Waals surface area contributed by atoms with Crippen molar-refractivity contribution in [3.05, 3.63) is 52.7 Å². The van der Waals surface area contributed by atoms with Crippen molar-refractivity contribution in [2.24, 2.45) is 16.8 Å². The molecule has 0 bridgehead atoms. The summed E-state index contributed by atoms with van der Waals surface area (Å²) in [5.74, 6) is 12.7. The molecule has 6 N–H and O–H groups in total. The quantitative estimate of drug-likeness (QED) is 0.140. The fourth-order valence-corrected chi connectivity index (χ4v) is 3.57. The molecule has 202 valence electrons. The topological polar surface area (TPSA) is 169 Å². The largest absolute Gasteiger partial charge is 0.496 e. The van der Waals surface area contributed by atoms with E-state index < -0.39 is 0 Å². The Morgan fingerprint density at radius 1 is 1.32 bits per heavy atom. The summed E-state index contributed by atoms with van der Waals surface area (Å²) in [4.78, 5) is 28.9. The third-order valence-electron chi connectivity index (χ3n) is 5.63. The van der Waals surface area contributed by atoms with Gasteiger partial charge in [-0.25, -0.2) is 15.6 Å². The SMILES string of the molecule is CNc1cccc(/C(=N/N)N(N)C(C)CO)n1.COc1cc2c(cc1C=O)CN(C(=O)OC(C)C)CC2. The van der Waals surface area contributed by atoms with Crippen molar-refractivity contribution in [3.63, 3.8) is 0 Å². The maximum atomic E-state index is 11.9. The fourth-order valence-electron chi connectivity index (χ4n) is 3.57. The molecule has 1 aliphatic heterocycles. The predicted molar refractivity (Wildman–Crippen MR) is 141 cm³/mol. The molecule has 0 aliphatic carbocycles. The third kappa shape index (κ3) is 7.79. The van der Waals surface area contributed by atoms with Gasteiger partial charge >= 0.3 is 6.09 Å². The van der Waals surface area contributed by atoms with Crippen LogP contribution in [0.1, 0.15) is 48.0 Å². The predicted octanol–water partition coefficient (Wildman–Crippen LogP) is 1.71. The van der Waals surface area contributed by atoms with Crippen LogP contribution in [-0.4, -0.2) is 77.7 Å². The van der Waals surface area contributed by atoms with Gasteiger partial charge < -0.3 is 30.6 Å². The van der Waals surface area contributed by atoms with Crippen LogP contribution >= 0.6 is 0 Å². The summed E-state index contributed by atoms with van der Waals surface area (Å²) in [5.41, 5.74) is 3.13. The highest BCUT2D eigenvalue weighted by atomic mass is 16.6. The van der Waals surface area contributed by atoms with Crippen LogP contribution in [-0.2, 0) is 17.7 Å². The van der Waals surface area contributed by atoms with E-state index in [0.717, 1.165) is 23.8 Å². The number of hydrogen-bond acceptors (Lipinski definition) is 10. The van der Waals surface area contributed by atoms with E-state index in [2.05, 4.69) is 15.4 Å². The van der Waals surface area contributed by atoms with Crippen molar-refractivity contribution in [1.82, 2.24) is 14.9 Å². The summed E-state index contributed by atoms with van der Waals surface area (Å²) >= 11 is 0. The van der Waals surface area contributed by atoms with Crippen molar-refractivity contribution in [2.45, 2.75) is 45.9 Å². The summed E-state index contributed by atoms with van der Waals surface area (Å²) < 4.78 is 10.4. The summed E-state index contributed by atoms with van der Waals surface area (Å²) in [6.07, 6.45) is 1.06. The normalized spacial score (nSPS) is 13.6. The number of methoxy groups -OCH3 is 1. The maximum Gasteiger partial charge on any atom is 0.410 e. The smallest absolute Gasteiger partial charge is 0.410 e. The minimum Gasteiger partial charge on any atom is -0.496 e. The molecule has 1 aromatic carbocycles. The summed E-state index contributed by atoms with van der Waals surface area (Å²) in [6, 6.07) is 8.75. The number of nitrogens with one attached hydrogen (secondary N) is 1. The molecule has 1 amide bonds. The Kier molecular flexibility index (Phi) is 11.1. The number of aldehydes is 1. The minimum absolute atomic E-state index is 0.0960. The second-order valence-corrected chi connectivity index (χ2v) is 8.63. The molecule has 0 saturated carbocycles. The van der Waals surface area contributed by atoms with Crippen LogP contribution in [0.15, 0.2) is 35.4 Å². The number of aliphatic hydroxyl groups is 1. The Bertz CT molecular complexity index is 1090. The van der Waals surface area contributed by atoms with Gasteiger partial charge in [-0.2, -0.15) is 5.10 Å². The average Bonchev–Trinajstić information content (AvgIpc) is 2.91. The number of nitrogens with zero attached hydrogens (tertiary/aromatic N) is 4. The molecular formula is C25H37N7O5. The molecule has 0 spiro atoms. The summed E-state index contributed by atoms with van der Waals surface area (Å²) in [7, 11) is 3.31. The maximum absolute atomic E-state index is 11.9. The summed E-state index contributed by atoms with van der Waals surface area (Å²) in [6.45, 7) is 6.39. The second-order valence-electron chi connectivity index (χ2n) is 8.63. The van der Waals surface area contributed by atoms with E-state index in [-0.39, 0.29) is 24.8 Å². The molecule has 0 saturated heterocycles. The van der Waals surface area contributed by atoms with Crippen LogP contribution in [0, 0.1) is 0 Å². The van der Waals surface area contributed by atoms with Gasteiger partial charge in [0.15, 0.2) is 12.1 Å². The number of amides is 1. The molecule has 12 heteroatoms. The van der Waals surface area contributed by atoms with Crippen LogP contribution in [0.4, 0.5) is 10.6 Å². The molecule has 1 aromatic heterocycles. The zero-order valence-electron chi connectivity index (χ0n) is 22.0. The van der Waals surface area contributed by atoms with E-state index in [1.165, 1.54) is 5.01 Å². The monoisotopic (exact) mass is 515 g/mol. The van der Waals surface area contributed by atoms with Gasteiger partial charge in [0.1, 0.15) is 17.3 Å². The zero-order valence-corrected chi connectivity index (χ0v) is 22.0. The first kappa shape index (κ1) is 29.3. The van der Waals surface area contributed by atoms with Crippen molar-refractivity contribution in [2.75, 3.05) is 32.6 Å². The van der Waals surface area contributed by atoms with Crippen LogP contribution in [0.5, 0.6) is 5.75 Å². The number of hydrazone groups is 1. The van der Waals surface area contributed by atoms with Gasteiger partial charge in [-0.1, -0.05) is 6.07 Å². The van der Waals surface area contributed by atoms with Gasteiger partial charge in [0.2, 0.25) is 0 Å². The number of hydrogen-bond donors (Lipinski definition) is 4. The molecule has 1 unspecified atom stereocenters. The number of ether oxygens (including phenoxy) is 2. The lowest BCUT2D eigenvalue weighted by atomic mass is 9.97. The Morgan fingerprint density at radius 3 is 2.62 bits per heavy atom. The zero-order chi connectivity index (χ0) is 27.5. The number of aromatic nitrogens is 1. The highest BCUT2D eigenvalue weighted by Gasteiger charge is 2.24. The minimum atomic E-state index is -0.311. The first-order valence-corrected chi connectivity index (χ1v) is 11.9. The van der Waals surface area contributed by atoms with Gasteiger partial charge in [0, 0.05) is 20.1 Å². The van der Waals surface area contributed by atoms with Crippen LogP contribution in [0.2, 0.25) is 0 Å². The number of carbonyl (C=O) groups excluding carboxylic acids is 2. The molecule has 0 radical (unpaired) electrons. The number of hydrazine groups is 1. The van der Waals surface area contributed by atoms with E-state index in [0.29, 0.717) is 41.7 Å². The van der Waals surface area contributed by atoms with Crippen LogP contribution in [0.3, 0.4) is 0 Å². The molecule has 2 heterocycles.